The number of nitro benzene ring substituents is 1. The zero-order valence-corrected chi connectivity index (χ0v) is 10.3. The fraction of sp³-hybridized carbons (Fsp3) is 0.364. The molecule has 1 fully saturated rings. The van der Waals surface area contributed by atoms with Crippen molar-refractivity contribution in [3.63, 3.8) is 0 Å². The highest BCUT2D eigenvalue weighted by molar-refractivity contribution is 6.31. The molecule has 1 saturated heterocycles. The van der Waals surface area contributed by atoms with Crippen LogP contribution in [0.15, 0.2) is 18.2 Å². The van der Waals surface area contributed by atoms with Gasteiger partial charge >= 0.3 is 0 Å². The van der Waals surface area contributed by atoms with Gasteiger partial charge in [-0.15, -0.1) is 0 Å². The second-order valence-corrected chi connectivity index (χ2v) is 4.50. The Bertz CT molecular complexity index is 492. The van der Waals surface area contributed by atoms with E-state index in [0.29, 0.717) is 36.8 Å². The summed E-state index contributed by atoms with van der Waals surface area (Å²) < 4.78 is 0. The second-order valence-electron chi connectivity index (χ2n) is 4.09. The molecule has 1 aromatic carbocycles. The average molecular weight is 270 g/mol. The molecule has 0 spiro atoms. The lowest BCUT2D eigenvalue weighted by Crippen LogP contribution is -2.47. The van der Waals surface area contributed by atoms with E-state index in [0.717, 1.165) is 0 Å². The van der Waals surface area contributed by atoms with Crippen molar-refractivity contribution in [1.82, 2.24) is 10.2 Å². The van der Waals surface area contributed by atoms with Crippen molar-refractivity contribution >= 4 is 23.2 Å². The topological polar surface area (TPSA) is 75.5 Å². The number of hydrogen-bond acceptors (Lipinski definition) is 4. The van der Waals surface area contributed by atoms with Crippen LogP contribution in [0.5, 0.6) is 0 Å². The van der Waals surface area contributed by atoms with E-state index in [1.165, 1.54) is 18.2 Å². The summed E-state index contributed by atoms with van der Waals surface area (Å²) in [5.74, 6) is -0.0391. The van der Waals surface area contributed by atoms with Crippen LogP contribution in [0.4, 0.5) is 5.69 Å². The van der Waals surface area contributed by atoms with Gasteiger partial charge in [-0.25, -0.2) is 0 Å². The summed E-state index contributed by atoms with van der Waals surface area (Å²) in [4.78, 5) is 23.4. The molecule has 96 valence electrons. The van der Waals surface area contributed by atoms with Crippen LogP contribution in [0.2, 0.25) is 5.02 Å². The average Bonchev–Trinajstić information content (AvgIpc) is 2.31. The molecule has 1 aliphatic heterocycles. The Morgan fingerprint density at radius 1 is 1.50 bits per heavy atom. The molecule has 7 heteroatoms. The standard InChI is InChI=1S/C11H12ClN3O3/c12-10-2-1-9(15(17)18)5-8(10)6-14-4-3-13-11(16)7-14/h1-2,5H,3-4,6-7H2,(H,13,16). The van der Waals surface area contributed by atoms with E-state index in [2.05, 4.69) is 5.32 Å². The molecule has 1 aromatic rings. The van der Waals surface area contributed by atoms with E-state index in [-0.39, 0.29) is 11.6 Å². The van der Waals surface area contributed by atoms with Crippen LogP contribution in [0.1, 0.15) is 5.56 Å². The Hall–Kier alpha value is -1.66. The fourth-order valence-electron chi connectivity index (χ4n) is 1.86. The fourth-order valence-corrected chi connectivity index (χ4v) is 2.04. The third-order valence-corrected chi connectivity index (χ3v) is 3.12. The van der Waals surface area contributed by atoms with Crippen molar-refractivity contribution in [2.24, 2.45) is 0 Å². The second kappa shape index (κ2) is 5.32. The van der Waals surface area contributed by atoms with Gasteiger partial charge in [0.05, 0.1) is 11.5 Å². The maximum Gasteiger partial charge on any atom is 0.269 e. The van der Waals surface area contributed by atoms with E-state index in [9.17, 15) is 14.9 Å². The number of non-ortho nitro benzene ring substituents is 1. The number of nitro groups is 1. The van der Waals surface area contributed by atoms with Crippen LogP contribution in [-0.4, -0.2) is 35.4 Å². The molecule has 18 heavy (non-hydrogen) atoms. The molecule has 0 atom stereocenters. The minimum Gasteiger partial charge on any atom is -0.354 e. The molecule has 0 bridgehead atoms. The summed E-state index contributed by atoms with van der Waals surface area (Å²) in [6, 6.07) is 4.34. The Labute approximate surface area is 109 Å². The quantitative estimate of drug-likeness (QED) is 0.660. The van der Waals surface area contributed by atoms with Gasteiger partial charge in [-0.3, -0.25) is 19.8 Å². The van der Waals surface area contributed by atoms with Crippen LogP contribution in [0.25, 0.3) is 0 Å². The number of carbonyl (C=O) groups is 1. The van der Waals surface area contributed by atoms with Gasteiger partial charge in [0.2, 0.25) is 5.91 Å². The van der Waals surface area contributed by atoms with Crippen molar-refractivity contribution in [2.45, 2.75) is 6.54 Å². The van der Waals surface area contributed by atoms with Gasteiger partial charge in [-0.2, -0.15) is 0 Å². The SMILES string of the molecule is O=C1CN(Cc2cc([N+](=O)[O-])ccc2Cl)CCN1. The first kappa shape index (κ1) is 12.8. The number of rotatable bonds is 3. The first-order valence-electron chi connectivity index (χ1n) is 5.48. The number of halogens is 1. The number of hydrogen-bond donors (Lipinski definition) is 1. The molecule has 6 nitrogen and oxygen atoms in total. The smallest absolute Gasteiger partial charge is 0.269 e. The molecule has 2 rings (SSSR count). The van der Waals surface area contributed by atoms with Crippen LogP contribution in [0, 0.1) is 10.1 Å². The lowest BCUT2D eigenvalue weighted by atomic mass is 10.1. The highest BCUT2D eigenvalue weighted by Gasteiger charge is 2.18. The first-order chi connectivity index (χ1) is 8.56. The van der Waals surface area contributed by atoms with Crippen molar-refractivity contribution in [3.05, 3.63) is 38.9 Å². The molecular weight excluding hydrogens is 258 g/mol. The summed E-state index contributed by atoms with van der Waals surface area (Å²) >= 11 is 6.01. The minimum atomic E-state index is -0.456. The largest absolute Gasteiger partial charge is 0.354 e. The van der Waals surface area contributed by atoms with Crippen LogP contribution >= 0.6 is 11.6 Å². The van der Waals surface area contributed by atoms with Crippen LogP contribution in [-0.2, 0) is 11.3 Å². The molecule has 0 aliphatic carbocycles. The Morgan fingerprint density at radius 3 is 2.94 bits per heavy atom. The van der Waals surface area contributed by atoms with Crippen molar-refractivity contribution in [3.8, 4) is 0 Å². The highest BCUT2D eigenvalue weighted by atomic mass is 35.5. The summed E-state index contributed by atoms with van der Waals surface area (Å²) in [6.07, 6.45) is 0. The molecule has 1 aliphatic rings. The van der Waals surface area contributed by atoms with Gasteiger partial charge in [0.15, 0.2) is 0 Å². The summed E-state index contributed by atoms with van der Waals surface area (Å²) in [6.45, 7) is 2.03. The number of benzene rings is 1. The van der Waals surface area contributed by atoms with E-state index in [1.54, 1.807) is 0 Å². The van der Waals surface area contributed by atoms with Crippen molar-refractivity contribution < 1.29 is 9.72 Å². The lowest BCUT2D eigenvalue weighted by Gasteiger charge is -2.26. The lowest BCUT2D eigenvalue weighted by molar-refractivity contribution is -0.384. The number of nitrogens with one attached hydrogen (secondary N) is 1. The Balaban J connectivity index is 2.14. The highest BCUT2D eigenvalue weighted by Crippen LogP contribution is 2.23. The van der Waals surface area contributed by atoms with Gasteiger partial charge < -0.3 is 5.32 Å². The van der Waals surface area contributed by atoms with Gasteiger partial charge in [0.1, 0.15) is 0 Å². The third-order valence-electron chi connectivity index (χ3n) is 2.75. The number of nitrogens with zero attached hydrogens (tertiary/aromatic N) is 2. The summed E-state index contributed by atoms with van der Waals surface area (Å²) in [5.41, 5.74) is 0.677. The predicted octanol–water partition coefficient (Wildman–Crippen LogP) is 1.18. The van der Waals surface area contributed by atoms with Gasteiger partial charge in [0, 0.05) is 36.8 Å². The maximum atomic E-state index is 11.2. The number of amides is 1. The molecule has 1 N–H and O–H groups in total. The summed E-state index contributed by atoms with van der Waals surface area (Å²) in [7, 11) is 0. The van der Waals surface area contributed by atoms with Crippen molar-refractivity contribution in [1.29, 1.82) is 0 Å². The van der Waals surface area contributed by atoms with Gasteiger partial charge in [-0.05, 0) is 11.6 Å². The first-order valence-corrected chi connectivity index (χ1v) is 5.86. The van der Waals surface area contributed by atoms with Crippen LogP contribution in [0.3, 0.4) is 0 Å². The van der Waals surface area contributed by atoms with Crippen molar-refractivity contribution in [2.75, 3.05) is 19.6 Å². The molecule has 1 amide bonds. The molecule has 0 saturated carbocycles. The van der Waals surface area contributed by atoms with Gasteiger partial charge in [0.25, 0.3) is 5.69 Å². The normalized spacial score (nSPS) is 16.4. The van der Waals surface area contributed by atoms with E-state index in [1.807, 2.05) is 4.90 Å². The molecular formula is C11H12ClN3O3. The number of piperazine rings is 1. The monoisotopic (exact) mass is 269 g/mol. The Morgan fingerprint density at radius 2 is 2.28 bits per heavy atom. The zero-order valence-electron chi connectivity index (χ0n) is 9.56. The Kier molecular flexibility index (Phi) is 3.78. The third kappa shape index (κ3) is 2.96. The molecule has 0 unspecified atom stereocenters. The predicted molar refractivity (Wildman–Crippen MR) is 66.4 cm³/mol. The minimum absolute atomic E-state index is 0.0101. The zero-order chi connectivity index (χ0) is 13.1. The van der Waals surface area contributed by atoms with E-state index in [4.69, 9.17) is 11.6 Å². The maximum absolute atomic E-state index is 11.2. The number of carbonyl (C=O) groups excluding carboxylic acids is 1. The molecule has 0 aromatic heterocycles. The van der Waals surface area contributed by atoms with E-state index >= 15 is 0 Å². The van der Waals surface area contributed by atoms with E-state index < -0.39 is 4.92 Å². The molecule has 0 radical (unpaired) electrons. The van der Waals surface area contributed by atoms with Crippen LogP contribution < -0.4 is 5.32 Å². The summed E-state index contributed by atoms with van der Waals surface area (Å²) in [5, 5.41) is 13.9. The van der Waals surface area contributed by atoms with Gasteiger partial charge in [-0.1, -0.05) is 11.6 Å². The molecule has 1 heterocycles.